The van der Waals surface area contributed by atoms with E-state index in [-0.39, 0.29) is 23.0 Å². The topological polar surface area (TPSA) is 101 Å². The van der Waals surface area contributed by atoms with Crippen LogP contribution < -0.4 is 5.32 Å². The quantitative estimate of drug-likeness (QED) is 0.748. The number of hydrogen-bond donors (Lipinski definition) is 2. The summed E-state index contributed by atoms with van der Waals surface area (Å²) in [5, 5.41) is 11.6. The van der Waals surface area contributed by atoms with Crippen molar-refractivity contribution in [1.29, 1.82) is 0 Å². The Balaban J connectivity index is 2.72. The van der Waals surface area contributed by atoms with E-state index < -0.39 is 27.8 Å². The van der Waals surface area contributed by atoms with Crippen molar-refractivity contribution < 1.29 is 23.1 Å². The van der Waals surface area contributed by atoms with Crippen LogP contribution in [0, 0.1) is 5.92 Å². The van der Waals surface area contributed by atoms with Crippen molar-refractivity contribution in [3.05, 3.63) is 29.8 Å². The summed E-state index contributed by atoms with van der Waals surface area (Å²) in [4.78, 5) is 23.3. The third-order valence-corrected chi connectivity index (χ3v) is 5.12. The van der Waals surface area contributed by atoms with Crippen LogP contribution in [0.25, 0.3) is 0 Å². The maximum Gasteiger partial charge on any atom is 0.326 e. The lowest BCUT2D eigenvalue weighted by Crippen LogP contribution is -2.42. The molecule has 1 amide bonds. The number of nitrogens with one attached hydrogen (secondary N) is 1. The van der Waals surface area contributed by atoms with Crippen LogP contribution in [0.4, 0.5) is 0 Å². The highest BCUT2D eigenvalue weighted by molar-refractivity contribution is 7.91. The first kappa shape index (κ1) is 19.2. The minimum Gasteiger partial charge on any atom is -0.480 e. The molecular weight excluding hydrogens is 318 g/mol. The summed E-state index contributed by atoms with van der Waals surface area (Å²) in [6, 6.07) is 5.15. The van der Waals surface area contributed by atoms with E-state index in [0.717, 1.165) is 0 Å². The Morgan fingerprint density at radius 1 is 1.17 bits per heavy atom. The molecule has 1 atom stereocenters. The van der Waals surface area contributed by atoms with Gasteiger partial charge < -0.3 is 10.4 Å². The van der Waals surface area contributed by atoms with Crippen molar-refractivity contribution in [2.45, 2.75) is 44.6 Å². The first-order chi connectivity index (χ1) is 10.7. The van der Waals surface area contributed by atoms with Crippen LogP contribution in [0.2, 0.25) is 0 Å². The lowest BCUT2D eigenvalue weighted by atomic mass is 10.0. The summed E-state index contributed by atoms with van der Waals surface area (Å²) < 4.78 is 23.4. The average Bonchev–Trinajstić information content (AvgIpc) is 2.46. The van der Waals surface area contributed by atoms with E-state index in [0.29, 0.717) is 12.0 Å². The van der Waals surface area contributed by atoms with E-state index in [9.17, 15) is 18.0 Å². The van der Waals surface area contributed by atoms with Crippen molar-refractivity contribution in [1.82, 2.24) is 5.32 Å². The average molecular weight is 341 g/mol. The third-order valence-electron chi connectivity index (χ3n) is 3.37. The van der Waals surface area contributed by atoms with Crippen LogP contribution >= 0.6 is 0 Å². The van der Waals surface area contributed by atoms with Crippen LogP contribution in [0.15, 0.2) is 29.2 Å². The fourth-order valence-corrected chi connectivity index (χ4v) is 2.99. The van der Waals surface area contributed by atoms with Crippen molar-refractivity contribution in [2.75, 3.05) is 5.75 Å². The predicted molar refractivity (Wildman–Crippen MR) is 86.9 cm³/mol. The summed E-state index contributed by atoms with van der Waals surface area (Å²) in [6.07, 6.45) is 0.364. The number of sulfone groups is 1. The van der Waals surface area contributed by atoms with E-state index >= 15 is 0 Å². The molecule has 1 aromatic rings. The standard InChI is InChI=1S/C16H23NO5S/c1-4-23(21,22)13-7-5-12(6-8-13)10-15(18)17-14(16(19)20)9-11(2)3/h5-8,11,14H,4,9-10H2,1-3H3,(H,17,18)(H,19,20)/t14-/m1/s1. The lowest BCUT2D eigenvalue weighted by molar-refractivity contribution is -0.142. The second kappa shape index (κ2) is 8.10. The first-order valence-corrected chi connectivity index (χ1v) is 9.14. The second-order valence-corrected chi connectivity index (χ2v) is 8.09. The minimum absolute atomic E-state index is 0.00826. The number of benzene rings is 1. The molecule has 23 heavy (non-hydrogen) atoms. The van der Waals surface area contributed by atoms with Gasteiger partial charge in [0, 0.05) is 0 Å². The molecule has 0 radical (unpaired) electrons. The molecule has 0 unspecified atom stereocenters. The predicted octanol–water partition coefficient (Wildman–Crippen LogP) is 1.64. The van der Waals surface area contributed by atoms with Crippen LogP contribution in [0.3, 0.4) is 0 Å². The summed E-state index contributed by atoms with van der Waals surface area (Å²) >= 11 is 0. The number of aliphatic carboxylic acids is 1. The molecule has 0 saturated heterocycles. The molecular formula is C16H23NO5S. The third kappa shape index (κ3) is 6.02. The first-order valence-electron chi connectivity index (χ1n) is 7.49. The van der Waals surface area contributed by atoms with Crippen LogP contribution in [-0.2, 0) is 25.8 Å². The Hall–Kier alpha value is -1.89. The molecule has 0 aliphatic rings. The Morgan fingerprint density at radius 3 is 2.17 bits per heavy atom. The molecule has 128 valence electrons. The normalized spacial score (nSPS) is 12.9. The molecule has 2 N–H and O–H groups in total. The van der Waals surface area contributed by atoms with E-state index in [2.05, 4.69) is 5.32 Å². The maximum absolute atomic E-state index is 12.0. The number of carboxylic acids is 1. The molecule has 0 saturated carbocycles. The molecule has 7 heteroatoms. The molecule has 0 fully saturated rings. The smallest absolute Gasteiger partial charge is 0.326 e. The van der Waals surface area contributed by atoms with E-state index in [1.165, 1.54) is 12.1 Å². The molecule has 0 aliphatic heterocycles. The molecule has 0 bridgehead atoms. The van der Waals surface area contributed by atoms with Crippen molar-refractivity contribution in [3.63, 3.8) is 0 Å². The van der Waals surface area contributed by atoms with Gasteiger partial charge in [-0.1, -0.05) is 32.9 Å². The van der Waals surface area contributed by atoms with E-state index in [1.807, 2.05) is 13.8 Å². The van der Waals surface area contributed by atoms with Gasteiger partial charge in [0.25, 0.3) is 0 Å². The van der Waals surface area contributed by atoms with Gasteiger partial charge >= 0.3 is 5.97 Å². The molecule has 0 aliphatic carbocycles. The number of carbonyl (C=O) groups is 2. The molecule has 6 nitrogen and oxygen atoms in total. The zero-order valence-electron chi connectivity index (χ0n) is 13.6. The largest absolute Gasteiger partial charge is 0.480 e. The van der Waals surface area contributed by atoms with Gasteiger partial charge in [0.05, 0.1) is 17.1 Å². The van der Waals surface area contributed by atoms with Crippen LogP contribution in [0.5, 0.6) is 0 Å². The number of rotatable bonds is 8. The van der Waals surface area contributed by atoms with E-state index in [4.69, 9.17) is 5.11 Å². The highest BCUT2D eigenvalue weighted by atomic mass is 32.2. The van der Waals surface area contributed by atoms with Gasteiger partial charge in [-0.15, -0.1) is 0 Å². The Kier molecular flexibility index (Phi) is 6.75. The van der Waals surface area contributed by atoms with Gasteiger partial charge in [0.2, 0.25) is 5.91 Å². The molecule has 0 spiro atoms. The van der Waals surface area contributed by atoms with Gasteiger partial charge in [-0.3, -0.25) is 4.79 Å². The molecule has 0 aromatic heterocycles. The number of hydrogen-bond acceptors (Lipinski definition) is 4. The van der Waals surface area contributed by atoms with E-state index in [1.54, 1.807) is 19.1 Å². The van der Waals surface area contributed by atoms with Crippen molar-refractivity contribution in [3.8, 4) is 0 Å². The minimum atomic E-state index is -3.27. The maximum atomic E-state index is 12.0. The summed E-state index contributed by atoms with van der Waals surface area (Å²) in [7, 11) is -3.27. The number of carboxylic acid groups (broad SMARTS) is 1. The molecule has 1 rings (SSSR count). The number of amides is 1. The fraction of sp³-hybridized carbons (Fsp3) is 0.500. The number of carbonyl (C=O) groups excluding carboxylic acids is 1. The van der Waals surface area contributed by atoms with Crippen molar-refractivity contribution in [2.24, 2.45) is 5.92 Å². The molecule has 0 heterocycles. The highest BCUT2D eigenvalue weighted by Gasteiger charge is 2.21. The van der Waals surface area contributed by atoms with Crippen LogP contribution in [-0.4, -0.2) is 37.2 Å². The summed E-state index contributed by atoms with van der Waals surface area (Å²) in [6.45, 7) is 5.33. The van der Waals surface area contributed by atoms with Gasteiger partial charge in [-0.05, 0) is 30.0 Å². The van der Waals surface area contributed by atoms with Crippen LogP contribution in [0.1, 0.15) is 32.8 Å². The lowest BCUT2D eigenvalue weighted by Gasteiger charge is -2.16. The highest BCUT2D eigenvalue weighted by Crippen LogP contribution is 2.13. The SMILES string of the molecule is CCS(=O)(=O)c1ccc(CC(=O)N[C@H](CC(C)C)C(=O)O)cc1. The zero-order chi connectivity index (χ0) is 17.6. The second-order valence-electron chi connectivity index (χ2n) is 5.81. The Morgan fingerprint density at radius 2 is 1.74 bits per heavy atom. The Labute approximate surface area is 136 Å². The van der Waals surface area contributed by atoms with Gasteiger partial charge in [-0.2, -0.15) is 0 Å². The van der Waals surface area contributed by atoms with Gasteiger partial charge in [0.1, 0.15) is 6.04 Å². The Bertz CT molecular complexity index is 650. The van der Waals surface area contributed by atoms with Gasteiger partial charge in [0.15, 0.2) is 9.84 Å². The zero-order valence-corrected chi connectivity index (χ0v) is 14.4. The van der Waals surface area contributed by atoms with Crippen molar-refractivity contribution >= 4 is 21.7 Å². The monoisotopic (exact) mass is 341 g/mol. The van der Waals surface area contributed by atoms with Gasteiger partial charge in [-0.25, -0.2) is 13.2 Å². The summed E-state index contributed by atoms with van der Waals surface area (Å²) in [5.41, 5.74) is 0.631. The fourth-order valence-electron chi connectivity index (χ4n) is 2.10. The summed E-state index contributed by atoms with van der Waals surface area (Å²) in [5.74, 6) is -1.29. The molecule has 1 aromatic carbocycles.